The predicted molar refractivity (Wildman–Crippen MR) is 60.5 cm³/mol. The second-order valence-electron chi connectivity index (χ2n) is 3.63. The highest BCUT2D eigenvalue weighted by molar-refractivity contribution is 6.30. The molecule has 4 heteroatoms. The number of hydrogen-bond donors (Lipinski definition) is 1. The minimum atomic E-state index is 0.143. The van der Waals surface area contributed by atoms with Gasteiger partial charge in [-0.15, -0.1) is 0 Å². The topological polar surface area (TPSA) is 38.5 Å². The van der Waals surface area contributed by atoms with Crippen LogP contribution in [0, 0.1) is 0 Å². The molecule has 1 aromatic carbocycles. The van der Waals surface area contributed by atoms with Crippen LogP contribution < -0.4 is 5.73 Å². The van der Waals surface area contributed by atoms with E-state index in [4.69, 9.17) is 22.2 Å². The highest BCUT2D eigenvalue weighted by Gasteiger charge is 2.23. The largest absolute Gasteiger partial charge is 0.329 e. The number of halogens is 1. The van der Waals surface area contributed by atoms with Gasteiger partial charge in [0.25, 0.3) is 0 Å². The summed E-state index contributed by atoms with van der Waals surface area (Å²) >= 11 is 5.84. The Labute approximate surface area is 94.7 Å². The van der Waals surface area contributed by atoms with E-state index in [1.807, 2.05) is 29.3 Å². The van der Waals surface area contributed by atoms with Crippen molar-refractivity contribution >= 4 is 11.6 Å². The number of benzene rings is 1. The van der Waals surface area contributed by atoms with Crippen LogP contribution in [-0.2, 0) is 4.84 Å². The summed E-state index contributed by atoms with van der Waals surface area (Å²) in [7, 11) is 0. The first kappa shape index (κ1) is 10.9. The molecule has 1 fully saturated rings. The van der Waals surface area contributed by atoms with Gasteiger partial charge in [-0.05, 0) is 24.1 Å². The molecule has 2 rings (SSSR count). The van der Waals surface area contributed by atoms with Crippen LogP contribution in [0.2, 0.25) is 5.02 Å². The van der Waals surface area contributed by atoms with E-state index in [2.05, 4.69) is 0 Å². The minimum Gasteiger partial charge on any atom is -0.329 e. The molecular formula is C11H15ClN2O. The Morgan fingerprint density at radius 2 is 2.13 bits per heavy atom. The molecule has 0 radical (unpaired) electrons. The standard InChI is InChI=1S/C11H15ClN2O/c12-10-4-2-9(3-5-10)11(8-13)14-6-1-7-15-14/h2-5,11H,1,6-8,13H2. The average Bonchev–Trinajstić information content (AvgIpc) is 2.75. The molecule has 1 aliphatic heterocycles. The van der Waals surface area contributed by atoms with E-state index in [1.54, 1.807) is 0 Å². The number of nitrogens with two attached hydrogens (primary N) is 1. The van der Waals surface area contributed by atoms with E-state index >= 15 is 0 Å². The fraction of sp³-hybridized carbons (Fsp3) is 0.455. The summed E-state index contributed by atoms with van der Waals surface area (Å²) in [5, 5.41) is 2.71. The summed E-state index contributed by atoms with van der Waals surface area (Å²) in [6, 6.07) is 7.92. The normalized spacial score (nSPS) is 19.3. The highest BCUT2D eigenvalue weighted by Crippen LogP contribution is 2.24. The molecule has 0 saturated carbocycles. The summed E-state index contributed by atoms with van der Waals surface area (Å²) in [5.41, 5.74) is 6.92. The molecule has 1 atom stereocenters. The molecule has 0 aliphatic carbocycles. The van der Waals surface area contributed by atoms with E-state index in [1.165, 1.54) is 0 Å². The van der Waals surface area contributed by atoms with Crippen molar-refractivity contribution in [3.05, 3.63) is 34.9 Å². The summed E-state index contributed by atoms with van der Waals surface area (Å²) < 4.78 is 0. The molecule has 2 N–H and O–H groups in total. The van der Waals surface area contributed by atoms with Gasteiger partial charge in [0.05, 0.1) is 12.6 Å². The monoisotopic (exact) mass is 226 g/mol. The Bertz CT molecular complexity index is 309. The maximum absolute atomic E-state index is 5.84. The first-order valence-corrected chi connectivity index (χ1v) is 5.54. The van der Waals surface area contributed by atoms with Gasteiger partial charge in [0.15, 0.2) is 0 Å². The van der Waals surface area contributed by atoms with Crippen molar-refractivity contribution in [2.45, 2.75) is 12.5 Å². The molecular weight excluding hydrogens is 212 g/mol. The van der Waals surface area contributed by atoms with Crippen LogP contribution in [0.4, 0.5) is 0 Å². The van der Waals surface area contributed by atoms with Crippen LogP contribution >= 0.6 is 11.6 Å². The van der Waals surface area contributed by atoms with Crippen molar-refractivity contribution in [2.24, 2.45) is 5.73 Å². The van der Waals surface area contributed by atoms with E-state index in [0.717, 1.165) is 30.2 Å². The molecule has 3 nitrogen and oxygen atoms in total. The zero-order chi connectivity index (χ0) is 10.7. The quantitative estimate of drug-likeness (QED) is 0.857. The maximum atomic E-state index is 5.84. The number of hydrogen-bond acceptors (Lipinski definition) is 3. The van der Waals surface area contributed by atoms with E-state index in [0.29, 0.717) is 6.54 Å². The Morgan fingerprint density at radius 1 is 1.40 bits per heavy atom. The fourth-order valence-corrected chi connectivity index (χ4v) is 1.94. The number of hydroxylamine groups is 2. The predicted octanol–water partition coefficient (Wildman–Crippen LogP) is 1.98. The van der Waals surface area contributed by atoms with Gasteiger partial charge in [-0.25, -0.2) is 0 Å². The molecule has 1 unspecified atom stereocenters. The fourth-order valence-electron chi connectivity index (χ4n) is 1.82. The van der Waals surface area contributed by atoms with Crippen LogP contribution in [0.3, 0.4) is 0 Å². The van der Waals surface area contributed by atoms with Gasteiger partial charge in [-0.1, -0.05) is 23.7 Å². The second kappa shape index (κ2) is 4.94. The van der Waals surface area contributed by atoms with Gasteiger partial charge in [0.2, 0.25) is 0 Å². The molecule has 82 valence electrons. The van der Waals surface area contributed by atoms with Crippen LogP contribution in [0.5, 0.6) is 0 Å². The molecule has 0 bridgehead atoms. The van der Waals surface area contributed by atoms with Gasteiger partial charge in [0, 0.05) is 18.1 Å². The third-order valence-electron chi connectivity index (χ3n) is 2.61. The average molecular weight is 227 g/mol. The minimum absolute atomic E-state index is 0.143. The van der Waals surface area contributed by atoms with Crippen LogP contribution in [-0.4, -0.2) is 24.8 Å². The van der Waals surface area contributed by atoms with Crippen molar-refractivity contribution in [3.8, 4) is 0 Å². The number of nitrogens with zero attached hydrogens (tertiary/aromatic N) is 1. The van der Waals surface area contributed by atoms with Gasteiger partial charge < -0.3 is 5.73 Å². The summed E-state index contributed by atoms with van der Waals surface area (Å²) in [5.74, 6) is 0. The first-order valence-electron chi connectivity index (χ1n) is 5.16. The van der Waals surface area contributed by atoms with Crippen LogP contribution in [0.25, 0.3) is 0 Å². The van der Waals surface area contributed by atoms with E-state index < -0.39 is 0 Å². The smallest absolute Gasteiger partial charge is 0.0724 e. The zero-order valence-electron chi connectivity index (χ0n) is 8.53. The van der Waals surface area contributed by atoms with Crippen LogP contribution in [0.1, 0.15) is 18.0 Å². The van der Waals surface area contributed by atoms with Crippen molar-refractivity contribution in [3.63, 3.8) is 0 Å². The van der Waals surface area contributed by atoms with Gasteiger partial charge >= 0.3 is 0 Å². The summed E-state index contributed by atoms with van der Waals surface area (Å²) in [6.45, 7) is 2.30. The lowest BCUT2D eigenvalue weighted by Gasteiger charge is -2.25. The van der Waals surface area contributed by atoms with E-state index in [-0.39, 0.29) is 6.04 Å². The Kier molecular flexibility index (Phi) is 3.59. The lowest BCUT2D eigenvalue weighted by atomic mass is 10.1. The number of rotatable bonds is 3. The molecule has 1 heterocycles. The third kappa shape index (κ3) is 2.49. The van der Waals surface area contributed by atoms with E-state index in [9.17, 15) is 0 Å². The summed E-state index contributed by atoms with van der Waals surface area (Å²) in [6.07, 6.45) is 1.07. The maximum Gasteiger partial charge on any atom is 0.0724 e. The second-order valence-corrected chi connectivity index (χ2v) is 4.07. The first-order chi connectivity index (χ1) is 7.31. The van der Waals surface area contributed by atoms with Gasteiger partial charge in [-0.3, -0.25) is 4.84 Å². The molecule has 1 aliphatic rings. The van der Waals surface area contributed by atoms with Gasteiger partial charge in [0.1, 0.15) is 0 Å². The highest BCUT2D eigenvalue weighted by atomic mass is 35.5. The Morgan fingerprint density at radius 3 is 2.67 bits per heavy atom. The van der Waals surface area contributed by atoms with Crippen LogP contribution in [0.15, 0.2) is 24.3 Å². The lowest BCUT2D eigenvalue weighted by molar-refractivity contribution is -0.140. The van der Waals surface area contributed by atoms with Crippen molar-refractivity contribution < 1.29 is 4.84 Å². The van der Waals surface area contributed by atoms with Gasteiger partial charge in [-0.2, -0.15) is 5.06 Å². The van der Waals surface area contributed by atoms with Crippen molar-refractivity contribution in [2.75, 3.05) is 19.7 Å². The van der Waals surface area contributed by atoms with Crippen molar-refractivity contribution in [1.82, 2.24) is 5.06 Å². The van der Waals surface area contributed by atoms with Crippen molar-refractivity contribution in [1.29, 1.82) is 0 Å². The molecule has 0 amide bonds. The molecule has 1 aromatic rings. The lowest BCUT2D eigenvalue weighted by Crippen LogP contribution is -2.30. The molecule has 15 heavy (non-hydrogen) atoms. The third-order valence-corrected chi connectivity index (χ3v) is 2.86. The molecule has 0 spiro atoms. The Balaban J connectivity index is 2.14. The SMILES string of the molecule is NCC(c1ccc(Cl)cc1)N1CCCO1. The summed E-state index contributed by atoms with van der Waals surface area (Å²) in [4.78, 5) is 5.51. The Hall–Kier alpha value is -0.610. The molecule has 1 saturated heterocycles. The molecule has 0 aromatic heterocycles. The zero-order valence-corrected chi connectivity index (χ0v) is 9.28.